The molecule has 0 aliphatic heterocycles. The van der Waals surface area contributed by atoms with Gasteiger partial charge in [0, 0.05) is 25.3 Å². The number of rotatable bonds is 4. The van der Waals surface area contributed by atoms with Crippen LogP contribution in [0.25, 0.3) is 0 Å². The molecule has 2 unspecified atom stereocenters. The van der Waals surface area contributed by atoms with Gasteiger partial charge in [-0.25, -0.2) is 8.78 Å². The Morgan fingerprint density at radius 3 is 2.38 bits per heavy atom. The Morgan fingerprint density at radius 1 is 1.24 bits per heavy atom. The summed E-state index contributed by atoms with van der Waals surface area (Å²) in [6, 6.07) is 5.11. The molecule has 0 radical (unpaired) electrons. The van der Waals surface area contributed by atoms with E-state index in [-0.39, 0.29) is 31.2 Å². The summed E-state index contributed by atoms with van der Waals surface area (Å²) in [6.45, 7) is 0.228. The first-order valence-corrected chi connectivity index (χ1v) is 7.80. The van der Waals surface area contributed by atoms with Crippen LogP contribution in [-0.2, 0) is 0 Å². The Bertz CT molecular complexity index is 489. The molecule has 1 saturated carbocycles. The fourth-order valence-electron chi connectivity index (χ4n) is 2.95. The van der Waals surface area contributed by atoms with Gasteiger partial charge in [-0.05, 0) is 36.5 Å². The number of nitrogens with two attached hydrogens (primary N) is 1. The minimum absolute atomic E-state index is 0.160. The van der Waals surface area contributed by atoms with Crippen LogP contribution in [0, 0.1) is 5.92 Å². The second-order valence-electron chi connectivity index (χ2n) is 5.70. The standard InChI is InChI=1S/C15H19Cl2F2NO/c16-12-2-1-10(7-13(12)17)11(8-20)14(21)9-3-5-15(18,19)6-4-9/h1-2,7,9,11,14,21H,3-6,8,20H2. The number of halogens is 4. The van der Waals surface area contributed by atoms with E-state index >= 15 is 0 Å². The van der Waals surface area contributed by atoms with Crippen molar-refractivity contribution in [2.75, 3.05) is 6.54 Å². The van der Waals surface area contributed by atoms with Crippen molar-refractivity contribution in [3.05, 3.63) is 33.8 Å². The summed E-state index contributed by atoms with van der Waals surface area (Å²) in [6.07, 6.45) is -0.470. The van der Waals surface area contributed by atoms with Gasteiger partial charge in [-0.15, -0.1) is 0 Å². The Kier molecular flexibility index (Phi) is 5.47. The fraction of sp³-hybridized carbons (Fsp3) is 0.600. The first-order chi connectivity index (χ1) is 9.84. The van der Waals surface area contributed by atoms with E-state index in [9.17, 15) is 13.9 Å². The van der Waals surface area contributed by atoms with E-state index in [0.29, 0.717) is 22.9 Å². The van der Waals surface area contributed by atoms with Crippen molar-refractivity contribution < 1.29 is 13.9 Å². The normalized spacial score (nSPS) is 22.0. The molecule has 6 heteroatoms. The first-order valence-electron chi connectivity index (χ1n) is 7.05. The van der Waals surface area contributed by atoms with E-state index in [1.54, 1.807) is 18.2 Å². The van der Waals surface area contributed by atoms with Gasteiger partial charge < -0.3 is 10.8 Å². The van der Waals surface area contributed by atoms with Crippen LogP contribution in [-0.4, -0.2) is 23.7 Å². The van der Waals surface area contributed by atoms with Crippen LogP contribution in [0.4, 0.5) is 8.78 Å². The maximum atomic E-state index is 13.2. The molecule has 2 atom stereocenters. The predicted octanol–water partition coefficient (Wildman–Crippen LogP) is 4.22. The molecular formula is C15H19Cl2F2NO. The lowest BCUT2D eigenvalue weighted by atomic mass is 9.77. The van der Waals surface area contributed by atoms with Gasteiger partial charge in [0.1, 0.15) is 0 Å². The largest absolute Gasteiger partial charge is 0.392 e. The average molecular weight is 338 g/mol. The molecule has 0 spiro atoms. The average Bonchev–Trinajstić information content (AvgIpc) is 2.43. The minimum Gasteiger partial charge on any atom is -0.392 e. The summed E-state index contributed by atoms with van der Waals surface area (Å²) in [5, 5.41) is 11.3. The fourth-order valence-corrected chi connectivity index (χ4v) is 3.25. The summed E-state index contributed by atoms with van der Waals surface area (Å²) in [5.74, 6) is -3.08. The molecule has 0 saturated heterocycles. The zero-order chi connectivity index (χ0) is 15.6. The molecule has 1 fully saturated rings. The summed E-state index contributed by atoms with van der Waals surface area (Å²) in [4.78, 5) is 0. The molecule has 0 heterocycles. The Balaban J connectivity index is 2.11. The lowest BCUT2D eigenvalue weighted by molar-refractivity contribution is -0.0651. The number of hydrogen-bond acceptors (Lipinski definition) is 2. The van der Waals surface area contributed by atoms with Crippen LogP contribution in [0.3, 0.4) is 0 Å². The van der Waals surface area contributed by atoms with Crippen molar-refractivity contribution >= 4 is 23.2 Å². The first kappa shape index (κ1) is 16.9. The molecule has 1 aromatic rings. The van der Waals surface area contributed by atoms with E-state index in [1.807, 2.05) is 0 Å². The van der Waals surface area contributed by atoms with E-state index < -0.39 is 12.0 Å². The summed E-state index contributed by atoms with van der Waals surface area (Å²) in [7, 11) is 0. The molecule has 0 amide bonds. The molecule has 2 nitrogen and oxygen atoms in total. The molecule has 0 aromatic heterocycles. The molecule has 21 heavy (non-hydrogen) atoms. The minimum atomic E-state index is -2.60. The maximum Gasteiger partial charge on any atom is 0.248 e. The van der Waals surface area contributed by atoms with Crippen molar-refractivity contribution in [2.45, 2.75) is 43.6 Å². The van der Waals surface area contributed by atoms with Crippen LogP contribution >= 0.6 is 23.2 Å². The lowest BCUT2D eigenvalue weighted by Crippen LogP contribution is -2.37. The van der Waals surface area contributed by atoms with Crippen molar-refractivity contribution in [1.29, 1.82) is 0 Å². The van der Waals surface area contributed by atoms with Gasteiger partial charge >= 0.3 is 0 Å². The number of aliphatic hydroxyl groups is 1. The number of aliphatic hydroxyl groups excluding tert-OH is 1. The molecular weight excluding hydrogens is 319 g/mol. The highest BCUT2D eigenvalue weighted by atomic mass is 35.5. The molecule has 0 bridgehead atoms. The molecule has 1 aliphatic rings. The quantitative estimate of drug-likeness (QED) is 0.863. The number of alkyl halides is 2. The third-order valence-corrected chi connectivity index (χ3v) is 5.02. The Labute approximate surface area is 133 Å². The van der Waals surface area contributed by atoms with Gasteiger partial charge in [0.05, 0.1) is 16.1 Å². The van der Waals surface area contributed by atoms with Crippen LogP contribution in [0.2, 0.25) is 10.0 Å². The van der Waals surface area contributed by atoms with Crippen LogP contribution in [0.5, 0.6) is 0 Å². The zero-order valence-electron chi connectivity index (χ0n) is 11.5. The zero-order valence-corrected chi connectivity index (χ0v) is 13.0. The van der Waals surface area contributed by atoms with Gasteiger partial charge in [0.25, 0.3) is 0 Å². The third kappa shape index (κ3) is 4.07. The van der Waals surface area contributed by atoms with Crippen molar-refractivity contribution in [2.24, 2.45) is 11.7 Å². The van der Waals surface area contributed by atoms with Gasteiger partial charge in [0.2, 0.25) is 5.92 Å². The SMILES string of the molecule is NCC(c1ccc(Cl)c(Cl)c1)C(O)C1CCC(F)(F)CC1. The highest BCUT2D eigenvalue weighted by Crippen LogP contribution is 2.40. The van der Waals surface area contributed by atoms with Crippen molar-refractivity contribution in [1.82, 2.24) is 0 Å². The third-order valence-electron chi connectivity index (χ3n) is 4.28. The van der Waals surface area contributed by atoms with E-state index in [0.717, 1.165) is 5.56 Å². The van der Waals surface area contributed by atoms with Gasteiger partial charge in [0.15, 0.2) is 0 Å². The molecule has 3 N–H and O–H groups in total. The van der Waals surface area contributed by atoms with E-state index in [2.05, 4.69) is 0 Å². The number of benzene rings is 1. The van der Waals surface area contributed by atoms with Gasteiger partial charge in [-0.3, -0.25) is 0 Å². The van der Waals surface area contributed by atoms with E-state index in [4.69, 9.17) is 28.9 Å². The Hall–Kier alpha value is -0.420. The smallest absolute Gasteiger partial charge is 0.248 e. The van der Waals surface area contributed by atoms with Gasteiger partial charge in [-0.1, -0.05) is 29.3 Å². The topological polar surface area (TPSA) is 46.2 Å². The van der Waals surface area contributed by atoms with Crippen LogP contribution in [0.15, 0.2) is 18.2 Å². The number of hydrogen-bond donors (Lipinski definition) is 2. The highest BCUT2D eigenvalue weighted by molar-refractivity contribution is 6.42. The molecule has 2 rings (SSSR count). The van der Waals surface area contributed by atoms with Crippen LogP contribution < -0.4 is 5.73 Å². The predicted molar refractivity (Wildman–Crippen MR) is 81.2 cm³/mol. The second kappa shape index (κ2) is 6.78. The van der Waals surface area contributed by atoms with Crippen LogP contribution in [0.1, 0.15) is 37.2 Å². The van der Waals surface area contributed by atoms with Crippen molar-refractivity contribution in [3.8, 4) is 0 Å². The molecule has 118 valence electrons. The highest BCUT2D eigenvalue weighted by Gasteiger charge is 2.39. The summed E-state index contributed by atoms with van der Waals surface area (Å²) in [5.41, 5.74) is 6.56. The summed E-state index contributed by atoms with van der Waals surface area (Å²) >= 11 is 11.9. The van der Waals surface area contributed by atoms with Gasteiger partial charge in [-0.2, -0.15) is 0 Å². The second-order valence-corrected chi connectivity index (χ2v) is 6.51. The lowest BCUT2D eigenvalue weighted by Gasteiger charge is -2.34. The van der Waals surface area contributed by atoms with E-state index in [1.165, 1.54) is 0 Å². The van der Waals surface area contributed by atoms with Crippen molar-refractivity contribution in [3.63, 3.8) is 0 Å². The monoisotopic (exact) mass is 337 g/mol. The molecule has 1 aliphatic carbocycles. The summed E-state index contributed by atoms with van der Waals surface area (Å²) < 4.78 is 26.4. The Morgan fingerprint density at radius 2 is 1.86 bits per heavy atom. The maximum absolute atomic E-state index is 13.2. The molecule has 1 aromatic carbocycles.